The zero-order valence-corrected chi connectivity index (χ0v) is 6.95. The highest BCUT2D eigenvalue weighted by atomic mass is 35.5. The van der Waals surface area contributed by atoms with Gasteiger partial charge in [0, 0.05) is 0 Å². The zero-order valence-electron chi connectivity index (χ0n) is 6.20. The number of nitrogens with zero attached hydrogens (tertiary/aromatic N) is 1. The van der Waals surface area contributed by atoms with E-state index in [1.165, 1.54) is 0 Å². The SMILES string of the molecule is Fc1cc(C(F)F)c(F)nc1CCl. The van der Waals surface area contributed by atoms with Crippen molar-refractivity contribution in [1.29, 1.82) is 0 Å². The molecular formula is C7H4ClF4N. The number of rotatable bonds is 2. The maximum absolute atomic E-state index is 12.7. The van der Waals surface area contributed by atoms with E-state index in [4.69, 9.17) is 11.6 Å². The van der Waals surface area contributed by atoms with Crippen LogP contribution in [0.5, 0.6) is 0 Å². The van der Waals surface area contributed by atoms with Crippen molar-refractivity contribution in [2.24, 2.45) is 0 Å². The van der Waals surface area contributed by atoms with Crippen molar-refractivity contribution >= 4 is 11.6 Å². The zero-order chi connectivity index (χ0) is 10.0. The molecule has 72 valence electrons. The highest BCUT2D eigenvalue weighted by Gasteiger charge is 2.18. The molecule has 0 unspecified atom stereocenters. The second kappa shape index (κ2) is 3.91. The molecule has 0 N–H and O–H groups in total. The fraction of sp³-hybridized carbons (Fsp3) is 0.286. The summed E-state index contributed by atoms with van der Waals surface area (Å²) in [4.78, 5) is 2.96. The van der Waals surface area contributed by atoms with Crippen molar-refractivity contribution in [1.82, 2.24) is 4.98 Å². The van der Waals surface area contributed by atoms with E-state index in [9.17, 15) is 17.6 Å². The summed E-state index contributed by atoms with van der Waals surface area (Å²) in [5, 5.41) is 0. The second-order valence-electron chi connectivity index (χ2n) is 2.23. The van der Waals surface area contributed by atoms with E-state index < -0.39 is 23.8 Å². The van der Waals surface area contributed by atoms with Crippen LogP contribution in [0.2, 0.25) is 0 Å². The van der Waals surface area contributed by atoms with Gasteiger partial charge in [-0.05, 0) is 6.07 Å². The molecule has 1 heterocycles. The largest absolute Gasteiger partial charge is 0.268 e. The van der Waals surface area contributed by atoms with Crippen LogP contribution in [0.3, 0.4) is 0 Å². The smallest absolute Gasteiger partial charge is 0.220 e. The normalized spacial score (nSPS) is 10.9. The molecule has 0 aromatic carbocycles. The number of hydrogen-bond acceptors (Lipinski definition) is 1. The molecule has 0 saturated carbocycles. The molecule has 0 amide bonds. The van der Waals surface area contributed by atoms with Gasteiger partial charge in [0.2, 0.25) is 5.95 Å². The first-order valence-electron chi connectivity index (χ1n) is 3.25. The Morgan fingerprint density at radius 1 is 1.38 bits per heavy atom. The molecule has 0 bridgehead atoms. The van der Waals surface area contributed by atoms with E-state index in [2.05, 4.69) is 4.98 Å². The Hall–Kier alpha value is -0.840. The van der Waals surface area contributed by atoms with Gasteiger partial charge in [-0.15, -0.1) is 11.6 Å². The molecular weight excluding hydrogens is 210 g/mol. The molecule has 0 aliphatic heterocycles. The first-order valence-corrected chi connectivity index (χ1v) is 3.78. The molecule has 0 radical (unpaired) electrons. The van der Waals surface area contributed by atoms with Crippen molar-refractivity contribution < 1.29 is 17.6 Å². The van der Waals surface area contributed by atoms with Crippen LogP contribution >= 0.6 is 11.6 Å². The number of alkyl halides is 3. The minimum Gasteiger partial charge on any atom is -0.220 e. The molecule has 0 fully saturated rings. The Morgan fingerprint density at radius 3 is 2.46 bits per heavy atom. The third-order valence-corrected chi connectivity index (χ3v) is 1.64. The Labute approximate surface area is 76.3 Å². The number of pyridine rings is 1. The van der Waals surface area contributed by atoms with Gasteiger partial charge in [0.25, 0.3) is 6.43 Å². The highest BCUT2D eigenvalue weighted by molar-refractivity contribution is 6.16. The van der Waals surface area contributed by atoms with Crippen LogP contribution in [0, 0.1) is 11.8 Å². The van der Waals surface area contributed by atoms with Crippen LogP contribution in [0.1, 0.15) is 17.7 Å². The second-order valence-corrected chi connectivity index (χ2v) is 2.50. The predicted molar refractivity (Wildman–Crippen MR) is 38.7 cm³/mol. The van der Waals surface area contributed by atoms with Crippen LogP contribution in [0.4, 0.5) is 17.6 Å². The standard InChI is InChI=1S/C7H4ClF4N/c8-2-5-4(9)1-3(6(10)11)7(12)13-5/h1,6H,2H2. The molecule has 1 nitrogen and oxygen atoms in total. The van der Waals surface area contributed by atoms with E-state index in [-0.39, 0.29) is 11.6 Å². The summed E-state index contributed by atoms with van der Waals surface area (Å²) < 4.78 is 49.3. The van der Waals surface area contributed by atoms with Gasteiger partial charge >= 0.3 is 0 Å². The average molecular weight is 214 g/mol. The van der Waals surface area contributed by atoms with Crippen LogP contribution < -0.4 is 0 Å². The van der Waals surface area contributed by atoms with E-state index >= 15 is 0 Å². The molecule has 0 atom stereocenters. The minimum absolute atomic E-state index is 0.355. The number of aromatic nitrogens is 1. The molecule has 0 aliphatic rings. The van der Waals surface area contributed by atoms with Crippen LogP contribution in [0.25, 0.3) is 0 Å². The molecule has 1 aromatic heterocycles. The summed E-state index contributed by atoms with van der Waals surface area (Å²) in [7, 11) is 0. The summed E-state index contributed by atoms with van der Waals surface area (Å²) in [6.07, 6.45) is -3.08. The van der Waals surface area contributed by atoms with E-state index in [1.54, 1.807) is 0 Å². The summed E-state index contributed by atoms with van der Waals surface area (Å²) in [5.74, 6) is -2.76. The summed E-state index contributed by atoms with van der Waals surface area (Å²) in [6.45, 7) is 0. The maximum Gasteiger partial charge on any atom is 0.268 e. The Kier molecular flexibility index (Phi) is 3.08. The third kappa shape index (κ3) is 2.09. The van der Waals surface area contributed by atoms with Gasteiger partial charge in [-0.1, -0.05) is 0 Å². The van der Waals surface area contributed by atoms with Gasteiger partial charge < -0.3 is 0 Å². The van der Waals surface area contributed by atoms with Gasteiger partial charge in [0.1, 0.15) is 5.82 Å². The molecule has 0 aliphatic carbocycles. The lowest BCUT2D eigenvalue weighted by Gasteiger charge is -2.03. The first kappa shape index (κ1) is 10.2. The minimum atomic E-state index is -3.08. The quantitative estimate of drug-likeness (QED) is 0.418. The van der Waals surface area contributed by atoms with Crippen molar-refractivity contribution in [2.45, 2.75) is 12.3 Å². The Morgan fingerprint density at radius 2 is 2.00 bits per heavy atom. The van der Waals surface area contributed by atoms with Crippen molar-refractivity contribution in [3.05, 3.63) is 29.1 Å². The lowest BCUT2D eigenvalue weighted by Crippen LogP contribution is -2.01. The highest BCUT2D eigenvalue weighted by Crippen LogP contribution is 2.23. The lowest BCUT2D eigenvalue weighted by molar-refractivity contribution is 0.144. The number of hydrogen-bond donors (Lipinski definition) is 0. The van der Waals surface area contributed by atoms with Crippen molar-refractivity contribution in [3.8, 4) is 0 Å². The Balaban J connectivity index is 3.20. The molecule has 13 heavy (non-hydrogen) atoms. The van der Waals surface area contributed by atoms with Crippen LogP contribution in [-0.4, -0.2) is 4.98 Å². The predicted octanol–water partition coefficient (Wildman–Crippen LogP) is 3.04. The molecule has 1 rings (SSSR count). The molecule has 0 spiro atoms. The van der Waals surface area contributed by atoms with E-state index in [1.807, 2.05) is 0 Å². The van der Waals surface area contributed by atoms with E-state index in [0.29, 0.717) is 6.07 Å². The van der Waals surface area contributed by atoms with Gasteiger partial charge in [-0.2, -0.15) is 4.39 Å². The van der Waals surface area contributed by atoms with Gasteiger partial charge in [0.05, 0.1) is 17.1 Å². The third-order valence-electron chi connectivity index (χ3n) is 1.39. The summed E-state index contributed by atoms with van der Waals surface area (Å²) in [6, 6.07) is 0.407. The van der Waals surface area contributed by atoms with Gasteiger partial charge in [0.15, 0.2) is 0 Å². The topological polar surface area (TPSA) is 12.9 Å². The molecule has 1 aromatic rings. The van der Waals surface area contributed by atoms with E-state index in [0.717, 1.165) is 0 Å². The van der Waals surface area contributed by atoms with Crippen molar-refractivity contribution in [2.75, 3.05) is 0 Å². The van der Waals surface area contributed by atoms with Crippen LogP contribution in [0.15, 0.2) is 6.07 Å². The lowest BCUT2D eigenvalue weighted by atomic mass is 10.2. The number of halogens is 5. The fourth-order valence-electron chi connectivity index (χ4n) is 0.763. The fourth-order valence-corrected chi connectivity index (χ4v) is 0.950. The van der Waals surface area contributed by atoms with Crippen LogP contribution in [-0.2, 0) is 5.88 Å². The average Bonchev–Trinajstić information content (AvgIpc) is 2.07. The monoisotopic (exact) mass is 213 g/mol. The molecule has 6 heteroatoms. The van der Waals surface area contributed by atoms with Crippen molar-refractivity contribution in [3.63, 3.8) is 0 Å². The summed E-state index contributed by atoms with van der Waals surface area (Å²) in [5.41, 5.74) is -1.42. The molecule has 0 saturated heterocycles. The Bertz CT molecular complexity index is 316. The van der Waals surface area contributed by atoms with Gasteiger partial charge in [-0.25, -0.2) is 18.2 Å². The maximum atomic E-state index is 12.7. The summed E-state index contributed by atoms with van der Waals surface area (Å²) >= 11 is 5.18. The first-order chi connectivity index (χ1) is 6.06. The van der Waals surface area contributed by atoms with Gasteiger partial charge in [-0.3, -0.25) is 0 Å².